The highest BCUT2D eigenvalue weighted by atomic mass is 28.4. The molecule has 0 spiro atoms. The molecule has 0 aliphatic carbocycles. The van der Waals surface area contributed by atoms with E-state index in [4.69, 9.17) is 4.43 Å². The highest BCUT2D eigenvalue weighted by Crippen LogP contribution is 2.37. The number of hydrogen-bond acceptors (Lipinski definition) is 4. The number of Topliss-reactive ketones (excluding diaryl/α,β-unsaturated/α-hetero) is 1. The summed E-state index contributed by atoms with van der Waals surface area (Å²) in [6.07, 6.45) is 1.12. The number of benzene rings is 1. The summed E-state index contributed by atoms with van der Waals surface area (Å²) in [6, 6.07) is 8.64. The van der Waals surface area contributed by atoms with Gasteiger partial charge < -0.3 is 4.43 Å². The van der Waals surface area contributed by atoms with E-state index >= 15 is 0 Å². The molecule has 0 fully saturated rings. The second-order valence-electron chi connectivity index (χ2n) is 8.70. The Labute approximate surface area is 166 Å². The van der Waals surface area contributed by atoms with Gasteiger partial charge in [0.15, 0.2) is 14.1 Å². The van der Waals surface area contributed by atoms with E-state index in [-0.39, 0.29) is 29.0 Å². The first-order valence-electron chi connectivity index (χ1n) is 9.46. The Morgan fingerprint density at radius 1 is 1.14 bits per heavy atom. The Kier molecular flexibility index (Phi) is 6.30. The van der Waals surface area contributed by atoms with Gasteiger partial charge in [-0.25, -0.2) is 9.36 Å². The van der Waals surface area contributed by atoms with Crippen LogP contribution in [0.3, 0.4) is 0 Å². The van der Waals surface area contributed by atoms with E-state index in [1.165, 1.54) is 17.7 Å². The van der Waals surface area contributed by atoms with Crippen LogP contribution in [-0.2, 0) is 11.0 Å². The summed E-state index contributed by atoms with van der Waals surface area (Å²) in [5.74, 6) is -0.374. The van der Waals surface area contributed by atoms with Gasteiger partial charge in [0.2, 0.25) is 0 Å². The number of aromatic nitrogens is 2. The summed E-state index contributed by atoms with van der Waals surface area (Å²) in [4.78, 5) is 37.8. The third-order valence-corrected chi connectivity index (χ3v) is 9.91. The maximum atomic E-state index is 13.0. The lowest BCUT2D eigenvalue weighted by Gasteiger charge is -2.38. The molecule has 28 heavy (non-hydrogen) atoms. The van der Waals surface area contributed by atoms with Gasteiger partial charge in [0.25, 0.3) is 5.56 Å². The number of hydrogen-bond donors (Lipinski definition) is 0. The minimum Gasteiger partial charge on any atom is -0.412 e. The van der Waals surface area contributed by atoms with Gasteiger partial charge in [-0.3, -0.25) is 14.2 Å². The quantitative estimate of drug-likeness (QED) is 0.547. The number of carbonyl (C=O) groups is 1. The predicted molar refractivity (Wildman–Crippen MR) is 114 cm³/mol. The van der Waals surface area contributed by atoms with Crippen molar-refractivity contribution in [3.8, 4) is 5.69 Å². The highest BCUT2D eigenvalue weighted by molar-refractivity contribution is 6.74. The first kappa shape index (κ1) is 22.0. The van der Waals surface area contributed by atoms with Gasteiger partial charge in [0.05, 0.1) is 23.9 Å². The molecule has 1 unspecified atom stereocenters. The van der Waals surface area contributed by atoms with Crippen molar-refractivity contribution in [1.82, 2.24) is 9.13 Å². The third-order valence-electron chi connectivity index (χ3n) is 5.30. The minimum absolute atomic E-state index is 0.0111. The molecule has 7 heteroatoms. The van der Waals surface area contributed by atoms with Crippen LogP contribution in [0, 0.1) is 0 Å². The van der Waals surface area contributed by atoms with E-state index in [2.05, 4.69) is 33.9 Å². The Balaban J connectivity index is 2.51. The molecule has 0 aliphatic heterocycles. The average molecular weight is 403 g/mol. The van der Waals surface area contributed by atoms with Gasteiger partial charge in [-0.2, -0.15) is 0 Å². The molecule has 1 aromatic carbocycles. The van der Waals surface area contributed by atoms with Crippen molar-refractivity contribution >= 4 is 14.1 Å². The fraction of sp³-hybridized carbons (Fsp3) is 0.476. The molecule has 152 valence electrons. The van der Waals surface area contributed by atoms with Gasteiger partial charge >= 0.3 is 5.69 Å². The lowest BCUT2D eigenvalue weighted by molar-refractivity contribution is 0.101. The summed E-state index contributed by atoms with van der Waals surface area (Å²) in [5.41, 5.74) is -0.653. The fourth-order valence-corrected chi connectivity index (χ4v) is 4.21. The van der Waals surface area contributed by atoms with Crippen LogP contribution in [0.4, 0.5) is 0 Å². The van der Waals surface area contributed by atoms with Crippen LogP contribution in [0.1, 0.15) is 45.0 Å². The second kappa shape index (κ2) is 8.01. The molecular weight excluding hydrogens is 372 g/mol. The molecule has 0 radical (unpaired) electrons. The zero-order valence-electron chi connectivity index (χ0n) is 17.8. The molecule has 0 amide bonds. The lowest BCUT2D eigenvalue weighted by Crippen LogP contribution is -2.46. The number of nitrogens with zero attached hydrogens (tertiary/aromatic N) is 2. The van der Waals surface area contributed by atoms with Crippen molar-refractivity contribution in [2.24, 2.45) is 0 Å². The molecule has 1 heterocycles. The molecule has 0 bridgehead atoms. The highest BCUT2D eigenvalue weighted by Gasteiger charge is 2.38. The maximum absolute atomic E-state index is 13.0. The molecule has 6 nitrogen and oxygen atoms in total. The summed E-state index contributed by atoms with van der Waals surface area (Å²) in [7, 11) is -2.01. The Hall–Kier alpha value is -2.25. The summed E-state index contributed by atoms with van der Waals surface area (Å²) < 4.78 is 8.80. The van der Waals surface area contributed by atoms with Crippen molar-refractivity contribution in [2.45, 2.75) is 65.4 Å². The first-order chi connectivity index (χ1) is 12.8. The fourth-order valence-electron chi connectivity index (χ4n) is 2.77. The molecule has 0 N–H and O–H groups in total. The van der Waals surface area contributed by atoms with E-state index in [1.54, 1.807) is 30.3 Å². The SMILES string of the molecule is CC(=O)c1cn(CC(C)O[Si](C)(C)C(C)(C)C)c(=O)n(-c2ccccc2)c1=O. The maximum Gasteiger partial charge on any atom is 0.335 e. The van der Waals surface area contributed by atoms with E-state index < -0.39 is 19.6 Å². The Bertz CT molecular complexity index is 969. The van der Waals surface area contributed by atoms with Crippen molar-refractivity contribution in [2.75, 3.05) is 0 Å². The minimum atomic E-state index is -2.01. The van der Waals surface area contributed by atoms with Gasteiger partial charge in [-0.05, 0) is 44.1 Å². The Morgan fingerprint density at radius 3 is 2.21 bits per heavy atom. The van der Waals surface area contributed by atoms with Gasteiger partial charge in [0, 0.05) is 6.20 Å². The number of carbonyl (C=O) groups excluding carboxylic acids is 1. The Morgan fingerprint density at radius 2 is 1.71 bits per heavy atom. The summed E-state index contributed by atoms with van der Waals surface area (Å²) >= 11 is 0. The zero-order chi connectivity index (χ0) is 21.3. The number of para-hydroxylation sites is 1. The van der Waals surface area contributed by atoms with Crippen LogP contribution in [0.15, 0.2) is 46.1 Å². The topological polar surface area (TPSA) is 70.3 Å². The zero-order valence-corrected chi connectivity index (χ0v) is 18.8. The number of rotatable bonds is 6. The van der Waals surface area contributed by atoms with E-state index in [1.807, 2.05) is 6.92 Å². The lowest BCUT2D eigenvalue weighted by atomic mass is 10.2. The summed E-state index contributed by atoms with van der Waals surface area (Å²) in [5, 5.41) is 0.0413. The summed E-state index contributed by atoms with van der Waals surface area (Å²) in [6.45, 7) is 14.3. The standard InChI is InChI=1S/C21H30N2O4Si/c1-15(27-28(6,7)21(3,4)5)13-22-14-18(16(2)24)19(25)23(20(22)26)17-11-9-8-10-12-17/h8-12,14-15H,13H2,1-7H3. The van der Waals surface area contributed by atoms with Crippen LogP contribution in [0.25, 0.3) is 5.69 Å². The molecule has 0 saturated carbocycles. The normalized spacial score (nSPS) is 13.4. The van der Waals surface area contributed by atoms with E-state index in [0.717, 1.165) is 4.57 Å². The predicted octanol–water partition coefficient (Wildman–Crippen LogP) is 3.61. The average Bonchev–Trinajstić information content (AvgIpc) is 2.56. The van der Waals surface area contributed by atoms with Gasteiger partial charge in [0.1, 0.15) is 0 Å². The molecule has 0 aliphatic rings. The molecular formula is C21H30N2O4Si. The van der Waals surface area contributed by atoms with Crippen molar-refractivity contribution < 1.29 is 9.22 Å². The van der Waals surface area contributed by atoms with Crippen LogP contribution in [0.5, 0.6) is 0 Å². The molecule has 2 aromatic rings. The van der Waals surface area contributed by atoms with Crippen LogP contribution in [-0.4, -0.2) is 29.3 Å². The first-order valence-corrected chi connectivity index (χ1v) is 12.4. The van der Waals surface area contributed by atoms with Crippen LogP contribution < -0.4 is 11.2 Å². The van der Waals surface area contributed by atoms with E-state index in [9.17, 15) is 14.4 Å². The molecule has 0 saturated heterocycles. The monoisotopic (exact) mass is 402 g/mol. The largest absolute Gasteiger partial charge is 0.412 e. The van der Waals surface area contributed by atoms with Crippen molar-refractivity contribution in [3.63, 3.8) is 0 Å². The van der Waals surface area contributed by atoms with Crippen LogP contribution >= 0.6 is 0 Å². The van der Waals surface area contributed by atoms with Gasteiger partial charge in [-0.1, -0.05) is 39.0 Å². The smallest absolute Gasteiger partial charge is 0.335 e. The second-order valence-corrected chi connectivity index (χ2v) is 13.5. The van der Waals surface area contributed by atoms with Crippen molar-refractivity contribution in [1.29, 1.82) is 0 Å². The van der Waals surface area contributed by atoms with Crippen molar-refractivity contribution in [3.05, 3.63) is 62.9 Å². The van der Waals surface area contributed by atoms with Crippen LogP contribution in [0.2, 0.25) is 18.1 Å². The van der Waals surface area contributed by atoms with E-state index in [0.29, 0.717) is 5.69 Å². The molecule has 2 rings (SSSR count). The molecule has 1 aromatic heterocycles. The molecule has 1 atom stereocenters. The third kappa shape index (κ3) is 4.59. The number of ketones is 1. The van der Waals surface area contributed by atoms with Gasteiger partial charge in [-0.15, -0.1) is 0 Å².